The predicted molar refractivity (Wildman–Crippen MR) is 49.0 cm³/mol. The summed E-state index contributed by atoms with van der Waals surface area (Å²) in [6.07, 6.45) is 7.13. The maximum absolute atomic E-state index is 4.38. The first-order valence-electron chi connectivity index (χ1n) is 4.36. The molecule has 0 spiro atoms. The average molecular weight is 166 g/mol. The normalized spacial score (nSPS) is 34.0. The van der Waals surface area contributed by atoms with E-state index in [2.05, 4.69) is 20.9 Å². The van der Waals surface area contributed by atoms with Crippen LogP contribution in [0.1, 0.15) is 6.42 Å². The third-order valence-electron chi connectivity index (χ3n) is 2.12. The lowest BCUT2D eigenvalue weighted by Gasteiger charge is -2.29. The lowest BCUT2D eigenvalue weighted by molar-refractivity contribution is 0.386. The quantitative estimate of drug-likeness (QED) is 0.488. The molecular weight excluding hydrogens is 152 g/mol. The van der Waals surface area contributed by atoms with Crippen molar-refractivity contribution in [3.05, 3.63) is 12.4 Å². The number of nitrogens with zero attached hydrogens (tertiary/aromatic N) is 1. The highest BCUT2D eigenvalue weighted by Gasteiger charge is 2.20. The summed E-state index contributed by atoms with van der Waals surface area (Å²) in [4.78, 5) is 4.38. The van der Waals surface area contributed by atoms with Gasteiger partial charge in [0.2, 0.25) is 0 Å². The van der Waals surface area contributed by atoms with E-state index in [-0.39, 0.29) is 6.17 Å². The molecule has 0 aromatic carbocycles. The van der Waals surface area contributed by atoms with Crippen LogP contribution in [0.15, 0.2) is 17.4 Å². The zero-order valence-corrected chi connectivity index (χ0v) is 6.96. The van der Waals surface area contributed by atoms with Crippen molar-refractivity contribution in [2.45, 2.75) is 18.6 Å². The highest BCUT2D eigenvalue weighted by molar-refractivity contribution is 5.58. The topological polar surface area (TPSA) is 48.5 Å². The molecule has 0 amide bonds. The van der Waals surface area contributed by atoms with Gasteiger partial charge in [0.1, 0.15) is 6.17 Å². The van der Waals surface area contributed by atoms with Crippen molar-refractivity contribution in [3.8, 4) is 0 Å². The van der Waals surface area contributed by atoms with Gasteiger partial charge in [0.15, 0.2) is 0 Å². The Hall–Kier alpha value is -1.03. The second kappa shape index (κ2) is 3.58. The molecule has 66 valence electrons. The van der Waals surface area contributed by atoms with Crippen LogP contribution < -0.4 is 16.0 Å². The highest BCUT2D eigenvalue weighted by atomic mass is 15.2. The van der Waals surface area contributed by atoms with Crippen LogP contribution in [0.5, 0.6) is 0 Å². The molecule has 0 bridgehead atoms. The SMILES string of the molecule is C1=CNC(C2N=CCCN2)CN1. The van der Waals surface area contributed by atoms with Crippen LogP contribution in [-0.4, -0.2) is 31.5 Å². The lowest BCUT2D eigenvalue weighted by Crippen LogP contribution is -2.53. The second-order valence-corrected chi connectivity index (χ2v) is 3.03. The number of aliphatic imine (C=N–C) groups is 1. The van der Waals surface area contributed by atoms with Crippen molar-refractivity contribution in [2.24, 2.45) is 4.99 Å². The first kappa shape index (κ1) is 7.61. The molecule has 0 aromatic rings. The molecule has 2 unspecified atom stereocenters. The summed E-state index contributed by atoms with van der Waals surface area (Å²) in [6, 6.07) is 0.381. The van der Waals surface area contributed by atoms with Crippen LogP contribution in [0, 0.1) is 0 Å². The maximum Gasteiger partial charge on any atom is 0.121 e. The number of nitrogens with one attached hydrogen (secondary N) is 3. The van der Waals surface area contributed by atoms with Crippen LogP contribution in [0.25, 0.3) is 0 Å². The van der Waals surface area contributed by atoms with E-state index in [0.29, 0.717) is 6.04 Å². The first-order valence-corrected chi connectivity index (χ1v) is 4.36. The fourth-order valence-corrected chi connectivity index (χ4v) is 1.47. The minimum atomic E-state index is 0.233. The number of rotatable bonds is 1. The van der Waals surface area contributed by atoms with Gasteiger partial charge in [0.05, 0.1) is 6.04 Å². The molecular formula is C8H14N4. The number of hydrogen-bond acceptors (Lipinski definition) is 4. The van der Waals surface area contributed by atoms with Crippen molar-refractivity contribution in [1.29, 1.82) is 0 Å². The second-order valence-electron chi connectivity index (χ2n) is 3.03. The van der Waals surface area contributed by atoms with Crippen LogP contribution in [0.2, 0.25) is 0 Å². The van der Waals surface area contributed by atoms with Crippen molar-refractivity contribution < 1.29 is 0 Å². The van der Waals surface area contributed by atoms with E-state index < -0.39 is 0 Å². The van der Waals surface area contributed by atoms with Crippen LogP contribution >= 0.6 is 0 Å². The Kier molecular flexibility index (Phi) is 2.27. The third-order valence-corrected chi connectivity index (χ3v) is 2.12. The van der Waals surface area contributed by atoms with E-state index >= 15 is 0 Å². The minimum absolute atomic E-state index is 0.233. The molecule has 0 aromatic heterocycles. The predicted octanol–water partition coefficient (Wildman–Crippen LogP) is -0.591. The van der Waals surface area contributed by atoms with Gasteiger partial charge in [0, 0.05) is 31.7 Å². The minimum Gasteiger partial charge on any atom is -0.388 e. The summed E-state index contributed by atoms with van der Waals surface area (Å²) >= 11 is 0. The monoisotopic (exact) mass is 166 g/mol. The van der Waals surface area contributed by atoms with Crippen molar-refractivity contribution in [3.63, 3.8) is 0 Å². The Balaban J connectivity index is 1.94. The van der Waals surface area contributed by atoms with Gasteiger partial charge in [0.25, 0.3) is 0 Å². The summed E-state index contributed by atoms with van der Waals surface area (Å²) in [5.41, 5.74) is 0. The standard InChI is InChI=1S/C8H14N4/c1-2-11-8(12-3-1)7-6-9-4-5-10-7/h2,4-5,7-10,12H,1,3,6H2. The summed E-state index contributed by atoms with van der Waals surface area (Å²) in [5, 5.41) is 9.80. The Morgan fingerprint density at radius 3 is 3.00 bits per heavy atom. The Morgan fingerprint density at radius 2 is 2.33 bits per heavy atom. The van der Waals surface area contributed by atoms with Gasteiger partial charge in [-0.25, -0.2) is 0 Å². The van der Waals surface area contributed by atoms with Crippen molar-refractivity contribution in [2.75, 3.05) is 13.1 Å². The molecule has 0 radical (unpaired) electrons. The molecule has 2 heterocycles. The fraction of sp³-hybridized carbons (Fsp3) is 0.625. The Morgan fingerprint density at radius 1 is 1.33 bits per heavy atom. The van der Waals surface area contributed by atoms with Crippen LogP contribution in [-0.2, 0) is 0 Å². The van der Waals surface area contributed by atoms with Gasteiger partial charge >= 0.3 is 0 Å². The van der Waals surface area contributed by atoms with E-state index in [4.69, 9.17) is 0 Å². The number of hydrogen-bond donors (Lipinski definition) is 3. The third kappa shape index (κ3) is 1.58. The Labute approximate surface area is 72.1 Å². The molecule has 0 aliphatic carbocycles. The van der Waals surface area contributed by atoms with Gasteiger partial charge in [-0.15, -0.1) is 0 Å². The van der Waals surface area contributed by atoms with Crippen molar-refractivity contribution in [1.82, 2.24) is 16.0 Å². The van der Waals surface area contributed by atoms with E-state index in [1.165, 1.54) is 0 Å². The summed E-state index contributed by atoms with van der Waals surface area (Å²) < 4.78 is 0. The molecule has 4 nitrogen and oxygen atoms in total. The van der Waals surface area contributed by atoms with Crippen LogP contribution in [0.3, 0.4) is 0 Å². The smallest absolute Gasteiger partial charge is 0.121 e. The molecule has 0 saturated heterocycles. The first-order chi connectivity index (χ1) is 5.97. The van der Waals surface area contributed by atoms with E-state index in [9.17, 15) is 0 Å². The van der Waals surface area contributed by atoms with Crippen molar-refractivity contribution >= 4 is 6.21 Å². The van der Waals surface area contributed by atoms with E-state index in [1.54, 1.807) is 0 Å². The van der Waals surface area contributed by atoms with E-state index in [1.807, 2.05) is 18.6 Å². The summed E-state index contributed by atoms with van der Waals surface area (Å²) in [5.74, 6) is 0. The molecule has 0 fully saturated rings. The van der Waals surface area contributed by atoms with Gasteiger partial charge in [-0.05, 0) is 6.42 Å². The summed E-state index contributed by atoms with van der Waals surface area (Å²) in [6.45, 7) is 1.97. The molecule has 2 atom stereocenters. The van der Waals surface area contributed by atoms with Gasteiger partial charge in [-0.3, -0.25) is 10.3 Å². The maximum atomic E-state index is 4.38. The molecule has 2 aliphatic heterocycles. The average Bonchev–Trinajstić information content (AvgIpc) is 2.21. The van der Waals surface area contributed by atoms with Gasteiger partial charge < -0.3 is 10.6 Å². The largest absolute Gasteiger partial charge is 0.388 e. The lowest BCUT2D eigenvalue weighted by atomic mass is 10.2. The fourth-order valence-electron chi connectivity index (χ4n) is 1.47. The zero-order valence-electron chi connectivity index (χ0n) is 6.96. The van der Waals surface area contributed by atoms with Gasteiger partial charge in [-0.2, -0.15) is 0 Å². The van der Waals surface area contributed by atoms with Crippen LogP contribution in [0.4, 0.5) is 0 Å². The van der Waals surface area contributed by atoms with E-state index in [0.717, 1.165) is 19.5 Å². The highest BCUT2D eigenvalue weighted by Crippen LogP contribution is 2.01. The van der Waals surface area contributed by atoms with Gasteiger partial charge in [-0.1, -0.05) is 0 Å². The molecule has 2 rings (SSSR count). The molecule has 3 N–H and O–H groups in total. The zero-order chi connectivity index (χ0) is 8.23. The molecule has 4 heteroatoms. The molecule has 0 saturated carbocycles. The Bertz CT molecular complexity index is 199. The molecule has 12 heavy (non-hydrogen) atoms. The summed E-state index contributed by atoms with van der Waals surface area (Å²) in [7, 11) is 0. The molecule has 2 aliphatic rings.